The molecule has 0 radical (unpaired) electrons. The largest absolute Gasteiger partial charge is 0.315 e. The van der Waals surface area contributed by atoms with Gasteiger partial charge < -0.3 is 10.6 Å². The van der Waals surface area contributed by atoms with Gasteiger partial charge in [-0.15, -0.1) is 0 Å². The lowest BCUT2D eigenvalue weighted by Crippen LogP contribution is -2.37. The molecule has 84 valence electrons. The molecule has 0 aromatic carbocycles. The highest BCUT2D eigenvalue weighted by atomic mass is 15.0. The topological polar surface area (TPSA) is 37.0 Å². The summed E-state index contributed by atoms with van der Waals surface area (Å²) in [7, 11) is 0. The second-order valence-corrected chi connectivity index (χ2v) is 3.77. The van der Waals surface area contributed by atoms with Crippen LogP contribution in [0, 0.1) is 0 Å². The number of likely N-dealkylation sites (N-methyl/N-ethyl adjacent to an activating group) is 1. The minimum Gasteiger partial charge on any atom is -0.315 e. The Kier molecular flexibility index (Phi) is 5.97. The minimum absolute atomic E-state index is 0.534. The second-order valence-electron chi connectivity index (χ2n) is 3.77. The Morgan fingerprint density at radius 1 is 1.33 bits per heavy atom. The van der Waals surface area contributed by atoms with Gasteiger partial charge in [0, 0.05) is 25.0 Å². The summed E-state index contributed by atoms with van der Waals surface area (Å²) in [6.45, 7) is 7.43. The van der Waals surface area contributed by atoms with Crippen molar-refractivity contribution in [3.63, 3.8) is 0 Å². The third-order valence-electron chi connectivity index (χ3n) is 2.36. The third-order valence-corrected chi connectivity index (χ3v) is 2.36. The summed E-state index contributed by atoms with van der Waals surface area (Å²) in [5.74, 6) is 0. The molecule has 1 rings (SSSR count). The van der Waals surface area contributed by atoms with E-state index < -0.39 is 0 Å². The first kappa shape index (κ1) is 12.1. The Morgan fingerprint density at radius 3 is 2.73 bits per heavy atom. The summed E-state index contributed by atoms with van der Waals surface area (Å²) in [5.41, 5.74) is 1.34. The zero-order valence-electron chi connectivity index (χ0n) is 9.66. The molecular formula is C12H21N3. The molecule has 15 heavy (non-hydrogen) atoms. The number of nitrogens with one attached hydrogen (secondary N) is 2. The maximum Gasteiger partial charge on any atom is 0.0270 e. The molecule has 2 N–H and O–H groups in total. The predicted octanol–water partition coefficient (Wildman–Crippen LogP) is 1.21. The van der Waals surface area contributed by atoms with Crippen LogP contribution in [-0.4, -0.2) is 30.7 Å². The average Bonchev–Trinajstić information content (AvgIpc) is 2.28. The maximum absolute atomic E-state index is 4.00. The molecule has 1 atom stereocenters. The van der Waals surface area contributed by atoms with Gasteiger partial charge in [-0.25, -0.2) is 0 Å². The molecular weight excluding hydrogens is 186 g/mol. The van der Waals surface area contributed by atoms with Crippen molar-refractivity contribution in [3.8, 4) is 0 Å². The van der Waals surface area contributed by atoms with Crippen LogP contribution in [0.2, 0.25) is 0 Å². The Bertz CT molecular complexity index is 248. The third kappa shape index (κ3) is 5.50. The van der Waals surface area contributed by atoms with Crippen molar-refractivity contribution in [1.29, 1.82) is 0 Å². The smallest absolute Gasteiger partial charge is 0.0270 e. The van der Waals surface area contributed by atoms with Crippen LogP contribution in [0.25, 0.3) is 0 Å². The molecule has 0 spiro atoms. The molecule has 0 aliphatic carbocycles. The fourth-order valence-electron chi connectivity index (χ4n) is 1.45. The lowest BCUT2D eigenvalue weighted by Gasteiger charge is -2.13. The van der Waals surface area contributed by atoms with Crippen LogP contribution in [0.4, 0.5) is 0 Å². The monoisotopic (exact) mass is 207 g/mol. The van der Waals surface area contributed by atoms with Crippen LogP contribution in [0.5, 0.6) is 0 Å². The predicted molar refractivity (Wildman–Crippen MR) is 63.9 cm³/mol. The summed E-state index contributed by atoms with van der Waals surface area (Å²) in [6.07, 6.45) is 4.76. The lowest BCUT2D eigenvalue weighted by molar-refractivity contribution is 0.512. The SMILES string of the molecule is CCNCC(C)NCCc1ccncc1. The Labute approximate surface area is 92.3 Å². The molecule has 1 aromatic rings. The molecule has 0 saturated heterocycles. The molecule has 1 aromatic heterocycles. The van der Waals surface area contributed by atoms with Gasteiger partial charge in [0.25, 0.3) is 0 Å². The summed E-state index contributed by atoms with van der Waals surface area (Å²) in [5, 5.41) is 6.81. The molecule has 0 amide bonds. The van der Waals surface area contributed by atoms with E-state index in [2.05, 4.69) is 41.6 Å². The van der Waals surface area contributed by atoms with E-state index in [-0.39, 0.29) is 0 Å². The van der Waals surface area contributed by atoms with E-state index in [1.807, 2.05) is 12.4 Å². The van der Waals surface area contributed by atoms with Crippen LogP contribution in [0.15, 0.2) is 24.5 Å². The fourth-order valence-corrected chi connectivity index (χ4v) is 1.45. The zero-order chi connectivity index (χ0) is 10.9. The van der Waals surface area contributed by atoms with E-state index in [1.54, 1.807) is 0 Å². The second kappa shape index (κ2) is 7.37. The number of pyridine rings is 1. The van der Waals surface area contributed by atoms with Crippen molar-refractivity contribution in [2.24, 2.45) is 0 Å². The first-order chi connectivity index (χ1) is 7.33. The van der Waals surface area contributed by atoms with Gasteiger partial charge in [0.05, 0.1) is 0 Å². The molecule has 3 heteroatoms. The van der Waals surface area contributed by atoms with Crippen LogP contribution >= 0.6 is 0 Å². The van der Waals surface area contributed by atoms with E-state index in [0.717, 1.165) is 26.1 Å². The first-order valence-electron chi connectivity index (χ1n) is 5.66. The summed E-state index contributed by atoms with van der Waals surface area (Å²) < 4.78 is 0. The molecule has 0 aliphatic heterocycles. The van der Waals surface area contributed by atoms with Crippen LogP contribution in [0.1, 0.15) is 19.4 Å². The van der Waals surface area contributed by atoms with Gasteiger partial charge in [-0.2, -0.15) is 0 Å². The van der Waals surface area contributed by atoms with Gasteiger partial charge in [0.1, 0.15) is 0 Å². The van der Waals surface area contributed by atoms with Crippen molar-refractivity contribution in [2.45, 2.75) is 26.3 Å². The van der Waals surface area contributed by atoms with E-state index in [4.69, 9.17) is 0 Å². The highest BCUT2D eigenvalue weighted by Crippen LogP contribution is 1.96. The molecule has 0 saturated carbocycles. The van der Waals surface area contributed by atoms with Gasteiger partial charge in [0.2, 0.25) is 0 Å². The lowest BCUT2D eigenvalue weighted by atomic mass is 10.2. The Hall–Kier alpha value is -0.930. The van der Waals surface area contributed by atoms with Crippen molar-refractivity contribution in [3.05, 3.63) is 30.1 Å². The average molecular weight is 207 g/mol. The van der Waals surface area contributed by atoms with Crippen molar-refractivity contribution < 1.29 is 0 Å². The zero-order valence-corrected chi connectivity index (χ0v) is 9.66. The van der Waals surface area contributed by atoms with Crippen LogP contribution in [-0.2, 0) is 6.42 Å². The van der Waals surface area contributed by atoms with Gasteiger partial charge >= 0.3 is 0 Å². The Balaban J connectivity index is 2.11. The normalized spacial score (nSPS) is 12.7. The molecule has 1 heterocycles. The molecule has 0 bridgehead atoms. The van der Waals surface area contributed by atoms with E-state index >= 15 is 0 Å². The van der Waals surface area contributed by atoms with Gasteiger partial charge in [-0.05, 0) is 44.1 Å². The summed E-state index contributed by atoms with van der Waals surface area (Å²) in [4.78, 5) is 4.00. The van der Waals surface area contributed by atoms with E-state index in [0.29, 0.717) is 6.04 Å². The van der Waals surface area contributed by atoms with Gasteiger partial charge in [-0.3, -0.25) is 4.98 Å². The number of hydrogen-bond donors (Lipinski definition) is 2. The number of nitrogens with zero attached hydrogens (tertiary/aromatic N) is 1. The number of hydrogen-bond acceptors (Lipinski definition) is 3. The van der Waals surface area contributed by atoms with E-state index in [1.165, 1.54) is 5.56 Å². The highest BCUT2D eigenvalue weighted by Gasteiger charge is 1.99. The van der Waals surface area contributed by atoms with Crippen molar-refractivity contribution in [2.75, 3.05) is 19.6 Å². The van der Waals surface area contributed by atoms with Crippen LogP contribution in [0.3, 0.4) is 0 Å². The molecule has 3 nitrogen and oxygen atoms in total. The molecule has 0 aliphatic rings. The minimum atomic E-state index is 0.534. The Morgan fingerprint density at radius 2 is 2.07 bits per heavy atom. The maximum atomic E-state index is 4.00. The molecule has 1 unspecified atom stereocenters. The standard InChI is InChI=1S/C12H21N3/c1-3-13-10-11(2)15-9-6-12-4-7-14-8-5-12/h4-5,7-8,11,13,15H,3,6,9-10H2,1-2H3. The first-order valence-corrected chi connectivity index (χ1v) is 5.66. The van der Waals surface area contributed by atoms with Gasteiger partial charge in [0.15, 0.2) is 0 Å². The van der Waals surface area contributed by atoms with Crippen molar-refractivity contribution >= 4 is 0 Å². The summed E-state index contributed by atoms with van der Waals surface area (Å²) in [6, 6.07) is 4.67. The fraction of sp³-hybridized carbons (Fsp3) is 0.583. The van der Waals surface area contributed by atoms with E-state index in [9.17, 15) is 0 Å². The van der Waals surface area contributed by atoms with Crippen molar-refractivity contribution in [1.82, 2.24) is 15.6 Å². The number of aromatic nitrogens is 1. The highest BCUT2D eigenvalue weighted by molar-refractivity contribution is 5.09. The quantitative estimate of drug-likeness (QED) is 0.705. The van der Waals surface area contributed by atoms with Crippen LogP contribution < -0.4 is 10.6 Å². The summed E-state index contributed by atoms with van der Waals surface area (Å²) >= 11 is 0. The number of rotatable bonds is 7. The molecule has 0 fully saturated rings. The van der Waals surface area contributed by atoms with Gasteiger partial charge in [-0.1, -0.05) is 6.92 Å².